The van der Waals surface area contributed by atoms with Crippen LogP contribution in [-0.2, 0) is 14.6 Å². The van der Waals surface area contributed by atoms with Crippen molar-refractivity contribution in [3.63, 3.8) is 0 Å². The molecule has 14 heavy (non-hydrogen) atoms. The maximum atomic E-state index is 11.3. The van der Waals surface area contributed by atoms with Crippen molar-refractivity contribution < 1.29 is 18.3 Å². The number of sulfone groups is 1. The monoisotopic (exact) mass is 223 g/mol. The first-order valence-electron chi connectivity index (χ1n) is 4.41. The Morgan fingerprint density at radius 3 is 2.57 bits per heavy atom. The lowest BCUT2D eigenvalue weighted by atomic mass is 10.3. The number of nitrogens with one attached hydrogen (secondary N) is 1. The van der Waals surface area contributed by atoms with E-state index in [-0.39, 0.29) is 24.9 Å². The van der Waals surface area contributed by atoms with Crippen LogP contribution in [0.4, 0.5) is 0 Å². The summed E-state index contributed by atoms with van der Waals surface area (Å²) in [6, 6.07) is 0. The minimum atomic E-state index is -3.06. The third-order valence-corrected chi connectivity index (χ3v) is 3.36. The Kier molecular flexibility index (Phi) is 6.69. The van der Waals surface area contributed by atoms with Crippen LogP contribution in [0.15, 0.2) is 0 Å². The molecule has 6 heteroatoms. The molecule has 0 aliphatic rings. The van der Waals surface area contributed by atoms with Crippen molar-refractivity contribution in [3.05, 3.63) is 0 Å². The lowest BCUT2D eigenvalue weighted by Gasteiger charge is -2.03. The Hall–Kier alpha value is -0.460. The molecule has 5 nitrogen and oxygen atoms in total. The number of hydrogen-bond acceptors (Lipinski definition) is 5. The summed E-state index contributed by atoms with van der Waals surface area (Å²) in [5, 5.41) is 15.4. The van der Waals surface area contributed by atoms with Crippen LogP contribution < -0.4 is 0 Å². The van der Waals surface area contributed by atoms with E-state index in [4.69, 9.17) is 10.5 Å². The second kappa shape index (κ2) is 6.92. The molecule has 0 aromatic rings. The Balaban J connectivity index is 3.67. The Labute approximate surface area is 84.5 Å². The van der Waals surface area contributed by atoms with Crippen LogP contribution in [0.2, 0.25) is 0 Å². The molecule has 0 aromatic heterocycles. The van der Waals surface area contributed by atoms with Crippen LogP contribution in [0.3, 0.4) is 0 Å². The predicted octanol–water partition coefficient (Wildman–Crippen LogP) is 0.187. The number of ether oxygens (including phenoxy) is 1. The first kappa shape index (κ1) is 13.5. The van der Waals surface area contributed by atoms with E-state index in [2.05, 4.69) is 4.74 Å². The largest absolute Gasteiger partial charge is 0.371 e. The fourth-order valence-corrected chi connectivity index (χ4v) is 2.24. The Bertz CT molecular complexity index is 261. The van der Waals surface area contributed by atoms with Gasteiger partial charge in [0.1, 0.15) is 6.79 Å². The van der Waals surface area contributed by atoms with Crippen molar-refractivity contribution in [2.24, 2.45) is 0 Å². The summed E-state index contributed by atoms with van der Waals surface area (Å²) >= 11 is 0. The molecule has 0 rings (SSSR count). The first-order chi connectivity index (χ1) is 6.48. The van der Waals surface area contributed by atoms with Crippen molar-refractivity contribution in [2.45, 2.75) is 19.8 Å². The molecule has 0 aromatic carbocycles. The zero-order valence-electron chi connectivity index (χ0n) is 8.32. The van der Waals surface area contributed by atoms with Crippen LogP contribution in [-0.4, -0.2) is 44.1 Å². The molecule has 0 fully saturated rings. The van der Waals surface area contributed by atoms with Crippen molar-refractivity contribution in [2.75, 3.05) is 24.9 Å². The zero-order chi connectivity index (χ0) is 11.0. The molecule has 0 saturated heterocycles. The highest BCUT2D eigenvalue weighted by Crippen LogP contribution is 1.98. The maximum Gasteiger partial charge on any atom is 0.150 e. The third kappa shape index (κ3) is 8.15. The summed E-state index contributed by atoms with van der Waals surface area (Å²) in [4.78, 5) is 0. The van der Waals surface area contributed by atoms with Gasteiger partial charge < -0.3 is 15.3 Å². The summed E-state index contributed by atoms with van der Waals surface area (Å²) < 4.78 is 27.2. The van der Waals surface area contributed by atoms with Crippen molar-refractivity contribution >= 4 is 15.5 Å². The van der Waals surface area contributed by atoms with Gasteiger partial charge in [-0.1, -0.05) is 0 Å². The van der Waals surface area contributed by atoms with Crippen LogP contribution in [0.1, 0.15) is 19.8 Å². The minimum absolute atomic E-state index is 0.0292. The van der Waals surface area contributed by atoms with E-state index in [9.17, 15) is 8.42 Å². The highest BCUT2D eigenvalue weighted by atomic mass is 32.2. The van der Waals surface area contributed by atoms with Gasteiger partial charge in [0.2, 0.25) is 0 Å². The molecule has 0 heterocycles. The lowest BCUT2D eigenvalue weighted by Crippen LogP contribution is -2.14. The van der Waals surface area contributed by atoms with Gasteiger partial charge in [0.15, 0.2) is 9.84 Å². The van der Waals surface area contributed by atoms with E-state index >= 15 is 0 Å². The van der Waals surface area contributed by atoms with E-state index in [1.807, 2.05) is 0 Å². The molecule has 0 radical (unpaired) electrons. The average molecular weight is 223 g/mol. The van der Waals surface area contributed by atoms with Gasteiger partial charge in [-0.3, -0.25) is 0 Å². The van der Waals surface area contributed by atoms with Gasteiger partial charge in [-0.25, -0.2) is 8.42 Å². The highest BCUT2D eigenvalue weighted by Gasteiger charge is 2.10. The topological polar surface area (TPSA) is 87.5 Å². The van der Waals surface area contributed by atoms with Crippen LogP contribution in [0.5, 0.6) is 0 Å². The standard InChI is InChI=1S/C8H17NO4S/c1-8(9)3-6-14(11,12)5-2-4-13-7-10/h9-10H,2-7H2,1H3. The molecule has 0 aliphatic carbocycles. The molecule has 2 N–H and O–H groups in total. The van der Waals surface area contributed by atoms with Gasteiger partial charge >= 0.3 is 0 Å². The first-order valence-corrected chi connectivity index (χ1v) is 6.23. The number of hydrogen-bond donors (Lipinski definition) is 2. The van der Waals surface area contributed by atoms with Gasteiger partial charge in [0, 0.05) is 5.71 Å². The van der Waals surface area contributed by atoms with Crippen molar-refractivity contribution in [1.82, 2.24) is 0 Å². The van der Waals surface area contributed by atoms with E-state index in [0.29, 0.717) is 18.6 Å². The normalized spacial score (nSPS) is 11.6. The molecule has 0 amide bonds. The average Bonchev–Trinajstić information content (AvgIpc) is 2.10. The minimum Gasteiger partial charge on any atom is -0.371 e. The lowest BCUT2D eigenvalue weighted by molar-refractivity contribution is -0.000661. The number of aliphatic hydroxyl groups excluding tert-OH is 1. The number of rotatable bonds is 8. The molecule has 0 aliphatic heterocycles. The number of aliphatic hydroxyl groups is 1. The quantitative estimate of drug-likeness (QED) is 0.349. The highest BCUT2D eigenvalue weighted by molar-refractivity contribution is 7.91. The summed E-state index contributed by atoms with van der Waals surface area (Å²) in [6.07, 6.45) is 0.684. The summed E-state index contributed by atoms with van der Waals surface area (Å²) in [5.74, 6) is 0.0851. The van der Waals surface area contributed by atoms with Crippen LogP contribution in [0.25, 0.3) is 0 Å². The van der Waals surface area contributed by atoms with E-state index in [1.54, 1.807) is 6.92 Å². The van der Waals surface area contributed by atoms with E-state index in [1.165, 1.54) is 0 Å². The second-order valence-corrected chi connectivity index (χ2v) is 5.38. The van der Waals surface area contributed by atoms with Gasteiger partial charge in [0.25, 0.3) is 0 Å². The van der Waals surface area contributed by atoms with Crippen molar-refractivity contribution in [1.29, 1.82) is 5.41 Å². The van der Waals surface area contributed by atoms with E-state index in [0.717, 1.165) is 0 Å². The molecule has 0 saturated carbocycles. The summed E-state index contributed by atoms with van der Waals surface area (Å²) in [7, 11) is -3.06. The summed E-state index contributed by atoms with van der Waals surface area (Å²) in [5.41, 5.74) is 0.375. The van der Waals surface area contributed by atoms with Crippen LogP contribution >= 0.6 is 0 Å². The van der Waals surface area contributed by atoms with Gasteiger partial charge in [-0.05, 0) is 19.8 Å². The van der Waals surface area contributed by atoms with Gasteiger partial charge in [-0.15, -0.1) is 0 Å². The third-order valence-electron chi connectivity index (χ3n) is 1.62. The fourth-order valence-electron chi connectivity index (χ4n) is 0.856. The molecule has 0 atom stereocenters. The smallest absolute Gasteiger partial charge is 0.150 e. The Morgan fingerprint density at radius 2 is 2.07 bits per heavy atom. The van der Waals surface area contributed by atoms with Gasteiger partial charge in [-0.2, -0.15) is 0 Å². The molecule has 0 bridgehead atoms. The SMILES string of the molecule is CC(=N)CCS(=O)(=O)CCCOCO. The molecular formula is C8H17NO4S. The summed E-state index contributed by atoms with van der Waals surface area (Å²) in [6.45, 7) is 1.46. The molecular weight excluding hydrogens is 206 g/mol. The van der Waals surface area contributed by atoms with Crippen LogP contribution in [0, 0.1) is 5.41 Å². The zero-order valence-corrected chi connectivity index (χ0v) is 9.14. The Morgan fingerprint density at radius 1 is 1.43 bits per heavy atom. The second-order valence-electron chi connectivity index (χ2n) is 3.07. The van der Waals surface area contributed by atoms with E-state index < -0.39 is 9.84 Å². The fraction of sp³-hybridized carbons (Fsp3) is 0.875. The predicted molar refractivity (Wildman–Crippen MR) is 54.3 cm³/mol. The molecule has 0 spiro atoms. The maximum absolute atomic E-state index is 11.3. The van der Waals surface area contributed by atoms with Gasteiger partial charge in [0.05, 0.1) is 18.1 Å². The molecule has 84 valence electrons. The molecule has 0 unspecified atom stereocenters. The van der Waals surface area contributed by atoms with Crippen molar-refractivity contribution in [3.8, 4) is 0 Å².